The number of carboxylic acid groups (broad SMARTS) is 1. The number of thioether (sulfide) groups is 1. The largest absolute Gasteiger partial charge is 0.481 e. The van der Waals surface area contributed by atoms with E-state index in [2.05, 4.69) is 0 Å². The quantitative estimate of drug-likeness (QED) is 0.691. The van der Waals surface area contributed by atoms with E-state index in [1.807, 2.05) is 6.26 Å². The van der Waals surface area contributed by atoms with E-state index in [-0.39, 0.29) is 0 Å². The summed E-state index contributed by atoms with van der Waals surface area (Å²) in [6.45, 7) is 1.00. The zero-order valence-electron chi connectivity index (χ0n) is 7.91. The zero-order valence-corrected chi connectivity index (χ0v) is 8.73. The van der Waals surface area contributed by atoms with E-state index in [0.717, 1.165) is 18.6 Å². The molecule has 76 valence electrons. The van der Waals surface area contributed by atoms with Crippen LogP contribution in [0.15, 0.2) is 0 Å². The highest BCUT2D eigenvalue weighted by molar-refractivity contribution is 7.98. The van der Waals surface area contributed by atoms with Crippen LogP contribution in [0.2, 0.25) is 0 Å². The van der Waals surface area contributed by atoms with Gasteiger partial charge in [-0.25, -0.2) is 0 Å². The molecule has 1 atom stereocenters. The van der Waals surface area contributed by atoms with Gasteiger partial charge in [-0.1, -0.05) is 0 Å². The Morgan fingerprint density at radius 2 is 2.46 bits per heavy atom. The molecule has 1 rings (SSSR count). The molecule has 1 saturated heterocycles. The Kier molecular flexibility index (Phi) is 4.06. The van der Waals surface area contributed by atoms with Gasteiger partial charge in [0, 0.05) is 6.61 Å². The molecule has 0 aromatic rings. The summed E-state index contributed by atoms with van der Waals surface area (Å²) < 4.78 is 5.16. The third-order valence-corrected chi connectivity index (χ3v) is 3.26. The monoisotopic (exact) mass is 204 g/mol. The summed E-state index contributed by atoms with van der Waals surface area (Å²) in [5.41, 5.74) is -0.574. The third kappa shape index (κ3) is 2.61. The molecule has 0 aromatic carbocycles. The second kappa shape index (κ2) is 4.86. The second-order valence-corrected chi connectivity index (χ2v) is 4.47. The van der Waals surface area contributed by atoms with Gasteiger partial charge in [0.1, 0.15) is 0 Å². The van der Waals surface area contributed by atoms with E-state index in [0.29, 0.717) is 19.6 Å². The summed E-state index contributed by atoms with van der Waals surface area (Å²) in [5, 5.41) is 9.08. The van der Waals surface area contributed by atoms with Gasteiger partial charge in [-0.15, -0.1) is 0 Å². The number of hydrogen-bond donors (Lipinski definition) is 1. The highest BCUT2D eigenvalue weighted by Gasteiger charge is 2.41. The van der Waals surface area contributed by atoms with Crippen LogP contribution in [0.3, 0.4) is 0 Å². The van der Waals surface area contributed by atoms with Crippen LogP contribution in [0.25, 0.3) is 0 Å². The molecule has 0 amide bonds. The highest BCUT2D eigenvalue weighted by Crippen LogP contribution is 2.34. The molecule has 0 aliphatic carbocycles. The van der Waals surface area contributed by atoms with Crippen LogP contribution in [0, 0.1) is 5.41 Å². The number of aliphatic carboxylic acids is 1. The Balaban J connectivity index is 2.43. The number of hydrogen-bond acceptors (Lipinski definition) is 3. The van der Waals surface area contributed by atoms with Gasteiger partial charge < -0.3 is 9.84 Å². The lowest BCUT2D eigenvalue weighted by molar-refractivity contribution is -0.149. The zero-order chi connectivity index (χ0) is 9.73. The molecule has 0 spiro atoms. The van der Waals surface area contributed by atoms with E-state index in [1.54, 1.807) is 11.8 Å². The minimum absolute atomic E-state index is 0.400. The van der Waals surface area contributed by atoms with Crippen molar-refractivity contribution in [1.29, 1.82) is 0 Å². The minimum Gasteiger partial charge on any atom is -0.481 e. The predicted molar refractivity (Wildman–Crippen MR) is 53.1 cm³/mol. The fourth-order valence-electron chi connectivity index (χ4n) is 1.63. The Morgan fingerprint density at radius 3 is 2.92 bits per heavy atom. The first kappa shape index (κ1) is 10.9. The lowest BCUT2D eigenvalue weighted by atomic mass is 9.83. The van der Waals surface area contributed by atoms with Gasteiger partial charge in [-0.3, -0.25) is 4.79 Å². The van der Waals surface area contributed by atoms with E-state index < -0.39 is 11.4 Å². The Morgan fingerprint density at radius 1 is 1.69 bits per heavy atom. The first-order valence-corrected chi connectivity index (χ1v) is 5.91. The molecule has 4 heteroatoms. The first-order chi connectivity index (χ1) is 6.21. The van der Waals surface area contributed by atoms with Crippen LogP contribution < -0.4 is 0 Å². The summed E-state index contributed by atoms with van der Waals surface area (Å²) in [5.74, 6) is 0.348. The van der Waals surface area contributed by atoms with E-state index in [1.165, 1.54) is 0 Å². The fourth-order valence-corrected chi connectivity index (χ4v) is 2.07. The molecule has 1 heterocycles. The summed E-state index contributed by atoms with van der Waals surface area (Å²) in [6.07, 6.45) is 4.44. The highest BCUT2D eigenvalue weighted by atomic mass is 32.2. The van der Waals surface area contributed by atoms with Gasteiger partial charge in [0.15, 0.2) is 0 Å². The molecule has 3 nitrogen and oxygen atoms in total. The van der Waals surface area contributed by atoms with Crippen molar-refractivity contribution in [3.63, 3.8) is 0 Å². The molecular formula is C9H16O3S. The summed E-state index contributed by atoms with van der Waals surface area (Å²) in [4.78, 5) is 11.0. The number of rotatable bonds is 5. The van der Waals surface area contributed by atoms with E-state index in [4.69, 9.17) is 9.84 Å². The average Bonchev–Trinajstić information content (AvgIpc) is 2.55. The Hall–Kier alpha value is -0.220. The van der Waals surface area contributed by atoms with Crippen molar-refractivity contribution < 1.29 is 14.6 Å². The summed E-state index contributed by atoms with van der Waals surface area (Å²) >= 11 is 1.76. The summed E-state index contributed by atoms with van der Waals surface area (Å²) in [7, 11) is 0. The molecule has 1 fully saturated rings. The topological polar surface area (TPSA) is 46.5 Å². The smallest absolute Gasteiger partial charge is 0.312 e. The lowest BCUT2D eigenvalue weighted by Crippen LogP contribution is -2.31. The average molecular weight is 204 g/mol. The SMILES string of the molecule is CSCCCC1(C(=O)O)CCOC1. The maximum atomic E-state index is 11.0. The molecule has 13 heavy (non-hydrogen) atoms. The van der Waals surface area contributed by atoms with Gasteiger partial charge >= 0.3 is 5.97 Å². The van der Waals surface area contributed by atoms with E-state index in [9.17, 15) is 4.79 Å². The number of carboxylic acids is 1. The van der Waals surface area contributed by atoms with Crippen LogP contribution in [-0.2, 0) is 9.53 Å². The molecule has 1 aliphatic heterocycles. The van der Waals surface area contributed by atoms with Crippen LogP contribution in [0.4, 0.5) is 0 Å². The minimum atomic E-state index is -0.689. The van der Waals surface area contributed by atoms with Gasteiger partial charge in [0.05, 0.1) is 12.0 Å². The van der Waals surface area contributed by atoms with Crippen molar-refractivity contribution in [2.75, 3.05) is 25.2 Å². The second-order valence-electron chi connectivity index (χ2n) is 3.48. The lowest BCUT2D eigenvalue weighted by Gasteiger charge is -2.21. The van der Waals surface area contributed by atoms with Gasteiger partial charge in [0.25, 0.3) is 0 Å². The van der Waals surface area contributed by atoms with Crippen LogP contribution in [0.5, 0.6) is 0 Å². The van der Waals surface area contributed by atoms with Gasteiger partial charge in [-0.05, 0) is 31.3 Å². The molecule has 1 N–H and O–H groups in total. The Bertz CT molecular complexity index is 176. The first-order valence-electron chi connectivity index (χ1n) is 4.51. The third-order valence-electron chi connectivity index (χ3n) is 2.56. The molecule has 1 unspecified atom stereocenters. The maximum absolute atomic E-state index is 11.0. The Labute approximate surface area is 82.8 Å². The van der Waals surface area contributed by atoms with Crippen molar-refractivity contribution in [3.8, 4) is 0 Å². The molecule has 0 bridgehead atoms. The summed E-state index contributed by atoms with van der Waals surface area (Å²) in [6, 6.07) is 0. The van der Waals surface area contributed by atoms with Crippen molar-refractivity contribution >= 4 is 17.7 Å². The molecule has 0 aromatic heterocycles. The van der Waals surface area contributed by atoms with Crippen LogP contribution in [0.1, 0.15) is 19.3 Å². The van der Waals surface area contributed by atoms with Crippen molar-refractivity contribution in [1.82, 2.24) is 0 Å². The molecular weight excluding hydrogens is 188 g/mol. The number of carbonyl (C=O) groups is 1. The van der Waals surface area contributed by atoms with E-state index >= 15 is 0 Å². The predicted octanol–water partition coefficient (Wildman–Crippen LogP) is 1.62. The van der Waals surface area contributed by atoms with Gasteiger partial charge in [0.2, 0.25) is 0 Å². The normalized spacial score (nSPS) is 27.8. The number of ether oxygens (including phenoxy) is 1. The fraction of sp³-hybridized carbons (Fsp3) is 0.889. The van der Waals surface area contributed by atoms with Crippen molar-refractivity contribution in [2.24, 2.45) is 5.41 Å². The molecule has 0 saturated carbocycles. The van der Waals surface area contributed by atoms with Gasteiger partial charge in [-0.2, -0.15) is 11.8 Å². The van der Waals surface area contributed by atoms with Crippen molar-refractivity contribution in [2.45, 2.75) is 19.3 Å². The van der Waals surface area contributed by atoms with Crippen molar-refractivity contribution in [3.05, 3.63) is 0 Å². The van der Waals surface area contributed by atoms with Crippen LogP contribution >= 0.6 is 11.8 Å². The molecule has 1 aliphatic rings. The van der Waals surface area contributed by atoms with Crippen LogP contribution in [-0.4, -0.2) is 36.3 Å². The maximum Gasteiger partial charge on any atom is 0.312 e. The standard InChI is InChI=1S/C9H16O3S/c1-13-6-2-3-9(8(10)11)4-5-12-7-9/h2-7H2,1H3,(H,10,11). The molecule has 0 radical (unpaired) electrons.